The van der Waals surface area contributed by atoms with Gasteiger partial charge >= 0.3 is 0 Å². The Kier molecular flexibility index (Phi) is 3.59. The van der Waals surface area contributed by atoms with Crippen molar-refractivity contribution in [3.63, 3.8) is 0 Å². The van der Waals surface area contributed by atoms with Gasteiger partial charge in [0.2, 0.25) is 0 Å². The third-order valence-electron chi connectivity index (χ3n) is 2.51. The van der Waals surface area contributed by atoms with E-state index in [4.69, 9.17) is 0 Å². The highest BCUT2D eigenvalue weighted by atomic mass is 32.2. The van der Waals surface area contributed by atoms with Crippen molar-refractivity contribution in [1.29, 1.82) is 0 Å². The zero-order valence-corrected chi connectivity index (χ0v) is 10.4. The first-order valence-corrected chi connectivity index (χ1v) is 6.34. The minimum atomic E-state index is 0.221. The molecule has 0 radical (unpaired) electrons. The van der Waals surface area contributed by atoms with E-state index in [-0.39, 0.29) is 11.5 Å². The molecule has 0 heterocycles. The second kappa shape index (κ2) is 5.15. The first kappa shape index (κ1) is 11.9. The largest absolute Gasteiger partial charge is 0.508 e. The van der Waals surface area contributed by atoms with Gasteiger partial charge in [0.25, 0.3) is 0 Å². The monoisotopic (exact) mass is 246 g/mol. The quantitative estimate of drug-likeness (QED) is 0.641. The molecular formula is C14H14O2S. The van der Waals surface area contributed by atoms with Crippen LogP contribution >= 0.6 is 11.8 Å². The molecular weight excluding hydrogens is 232 g/mol. The van der Waals surface area contributed by atoms with E-state index in [1.165, 1.54) is 17.3 Å². The number of phenolic OH excluding ortho intramolecular Hbond substituents is 2. The van der Waals surface area contributed by atoms with Crippen LogP contribution in [0.3, 0.4) is 0 Å². The van der Waals surface area contributed by atoms with E-state index in [1.807, 2.05) is 30.3 Å². The third-order valence-corrected chi connectivity index (χ3v) is 3.63. The molecule has 0 atom stereocenters. The molecule has 0 unspecified atom stereocenters. The Labute approximate surface area is 105 Å². The molecule has 0 saturated heterocycles. The van der Waals surface area contributed by atoms with Crippen LogP contribution in [0, 0.1) is 6.92 Å². The Bertz CT molecular complexity index is 509. The van der Waals surface area contributed by atoms with E-state index in [9.17, 15) is 10.2 Å². The molecule has 2 aromatic rings. The van der Waals surface area contributed by atoms with Crippen LogP contribution < -0.4 is 0 Å². The highest BCUT2D eigenvalue weighted by molar-refractivity contribution is 7.98. The number of hydrogen-bond acceptors (Lipinski definition) is 3. The fraction of sp³-hybridized carbons (Fsp3) is 0.143. The lowest BCUT2D eigenvalue weighted by atomic mass is 10.2. The molecule has 88 valence electrons. The van der Waals surface area contributed by atoms with Crippen molar-refractivity contribution in [3.05, 3.63) is 53.6 Å². The van der Waals surface area contributed by atoms with Gasteiger partial charge in [-0.1, -0.05) is 30.3 Å². The van der Waals surface area contributed by atoms with E-state index in [1.54, 1.807) is 19.1 Å². The summed E-state index contributed by atoms with van der Waals surface area (Å²) in [6.45, 7) is 1.76. The van der Waals surface area contributed by atoms with Crippen LogP contribution in [0.15, 0.2) is 47.4 Å². The SMILES string of the molecule is Cc1cc(O)c(SCc2ccccc2)cc1O. The second-order valence-electron chi connectivity index (χ2n) is 3.88. The fourth-order valence-corrected chi connectivity index (χ4v) is 2.43. The Morgan fingerprint density at radius 1 is 1.00 bits per heavy atom. The maximum absolute atomic E-state index is 9.76. The highest BCUT2D eigenvalue weighted by Gasteiger charge is 2.06. The Balaban J connectivity index is 2.12. The van der Waals surface area contributed by atoms with Crippen LogP contribution in [-0.4, -0.2) is 10.2 Å². The molecule has 0 bridgehead atoms. The van der Waals surface area contributed by atoms with E-state index in [0.29, 0.717) is 10.5 Å². The Morgan fingerprint density at radius 2 is 1.71 bits per heavy atom. The van der Waals surface area contributed by atoms with E-state index in [2.05, 4.69) is 0 Å². The molecule has 0 saturated carbocycles. The van der Waals surface area contributed by atoms with Crippen LogP contribution in [0.5, 0.6) is 11.5 Å². The molecule has 2 aromatic carbocycles. The summed E-state index contributed by atoms with van der Waals surface area (Å²) in [4.78, 5) is 0.706. The van der Waals surface area contributed by atoms with Gasteiger partial charge in [-0.15, -0.1) is 11.8 Å². The molecule has 0 fully saturated rings. The summed E-state index contributed by atoms with van der Waals surface area (Å²) in [5.74, 6) is 1.22. The number of benzene rings is 2. The number of aromatic hydroxyl groups is 2. The van der Waals surface area contributed by atoms with Gasteiger partial charge in [-0.05, 0) is 30.2 Å². The van der Waals surface area contributed by atoms with Gasteiger partial charge in [-0.2, -0.15) is 0 Å². The molecule has 0 spiro atoms. The zero-order chi connectivity index (χ0) is 12.3. The molecule has 0 aliphatic carbocycles. The fourth-order valence-electron chi connectivity index (χ4n) is 1.51. The summed E-state index contributed by atoms with van der Waals surface area (Å²) in [7, 11) is 0. The van der Waals surface area contributed by atoms with Crippen molar-refractivity contribution >= 4 is 11.8 Å². The Hall–Kier alpha value is -1.61. The smallest absolute Gasteiger partial charge is 0.129 e. The minimum Gasteiger partial charge on any atom is -0.508 e. The molecule has 0 aliphatic rings. The van der Waals surface area contributed by atoms with Gasteiger partial charge in [0.05, 0.1) is 4.90 Å². The van der Waals surface area contributed by atoms with E-state index in [0.717, 1.165) is 5.75 Å². The molecule has 0 amide bonds. The van der Waals surface area contributed by atoms with Gasteiger partial charge in [-0.25, -0.2) is 0 Å². The number of hydrogen-bond donors (Lipinski definition) is 2. The normalized spacial score (nSPS) is 10.4. The number of phenols is 2. The van der Waals surface area contributed by atoms with Crippen molar-refractivity contribution < 1.29 is 10.2 Å². The number of aryl methyl sites for hydroxylation is 1. The van der Waals surface area contributed by atoms with E-state index < -0.39 is 0 Å². The second-order valence-corrected chi connectivity index (χ2v) is 4.90. The predicted molar refractivity (Wildman–Crippen MR) is 70.5 cm³/mol. The summed E-state index contributed by atoms with van der Waals surface area (Å²) in [6, 6.07) is 13.2. The van der Waals surface area contributed by atoms with Crippen molar-refractivity contribution in [2.24, 2.45) is 0 Å². The molecule has 0 aliphatic heterocycles. The van der Waals surface area contributed by atoms with Gasteiger partial charge in [-0.3, -0.25) is 0 Å². The maximum atomic E-state index is 9.76. The molecule has 0 aromatic heterocycles. The van der Waals surface area contributed by atoms with Crippen molar-refractivity contribution in [2.75, 3.05) is 0 Å². The van der Waals surface area contributed by atoms with Crippen molar-refractivity contribution in [1.82, 2.24) is 0 Å². The van der Waals surface area contributed by atoms with Crippen molar-refractivity contribution in [2.45, 2.75) is 17.6 Å². The van der Waals surface area contributed by atoms with Crippen LogP contribution in [0.25, 0.3) is 0 Å². The molecule has 2 nitrogen and oxygen atoms in total. The van der Waals surface area contributed by atoms with Gasteiger partial charge < -0.3 is 10.2 Å². The summed E-state index contributed by atoms with van der Waals surface area (Å²) in [6.07, 6.45) is 0. The maximum Gasteiger partial charge on any atom is 0.129 e. The highest BCUT2D eigenvalue weighted by Crippen LogP contribution is 2.35. The standard InChI is InChI=1S/C14H14O2S/c1-10-7-13(16)14(8-12(10)15)17-9-11-5-3-2-4-6-11/h2-8,15-16H,9H2,1H3. The van der Waals surface area contributed by atoms with Crippen molar-refractivity contribution in [3.8, 4) is 11.5 Å². The summed E-state index contributed by atoms with van der Waals surface area (Å²) >= 11 is 1.51. The molecule has 3 heteroatoms. The minimum absolute atomic E-state index is 0.221. The third kappa shape index (κ3) is 2.94. The number of thioether (sulfide) groups is 1. The summed E-state index contributed by atoms with van der Waals surface area (Å²) in [5.41, 5.74) is 1.88. The van der Waals surface area contributed by atoms with Crippen LogP contribution in [0.4, 0.5) is 0 Å². The molecule has 2 rings (SSSR count). The van der Waals surface area contributed by atoms with Gasteiger partial charge in [0, 0.05) is 5.75 Å². The molecule has 17 heavy (non-hydrogen) atoms. The first-order chi connectivity index (χ1) is 8.16. The average molecular weight is 246 g/mol. The Morgan fingerprint density at radius 3 is 2.41 bits per heavy atom. The average Bonchev–Trinajstić information content (AvgIpc) is 2.33. The zero-order valence-electron chi connectivity index (χ0n) is 9.55. The lowest BCUT2D eigenvalue weighted by Crippen LogP contribution is -1.82. The predicted octanol–water partition coefficient (Wildman–Crippen LogP) is 3.70. The van der Waals surface area contributed by atoms with E-state index >= 15 is 0 Å². The molecule has 2 N–H and O–H groups in total. The topological polar surface area (TPSA) is 40.5 Å². The summed E-state index contributed by atoms with van der Waals surface area (Å²) < 4.78 is 0. The van der Waals surface area contributed by atoms with Crippen LogP contribution in [-0.2, 0) is 5.75 Å². The lowest BCUT2D eigenvalue weighted by Gasteiger charge is -2.07. The van der Waals surface area contributed by atoms with Crippen LogP contribution in [0.2, 0.25) is 0 Å². The lowest BCUT2D eigenvalue weighted by molar-refractivity contribution is 0.446. The van der Waals surface area contributed by atoms with Crippen LogP contribution in [0.1, 0.15) is 11.1 Å². The first-order valence-electron chi connectivity index (χ1n) is 5.36. The van der Waals surface area contributed by atoms with Gasteiger partial charge in [0.1, 0.15) is 11.5 Å². The van der Waals surface area contributed by atoms with Gasteiger partial charge in [0.15, 0.2) is 0 Å². The number of rotatable bonds is 3. The summed E-state index contributed by atoms with van der Waals surface area (Å²) in [5, 5.41) is 19.4.